The minimum absolute atomic E-state index is 0.130. The number of nitrogen functional groups attached to an aromatic ring is 1. The maximum atomic E-state index is 12.7. The van der Waals surface area contributed by atoms with Crippen LogP contribution in [0.4, 0.5) is 14.5 Å². The average molecular weight is 243 g/mol. The van der Waals surface area contributed by atoms with Crippen LogP contribution in [-0.2, 0) is 0 Å². The lowest BCUT2D eigenvalue weighted by atomic mass is 10.1. The summed E-state index contributed by atoms with van der Waals surface area (Å²) < 4.78 is 30.8. The largest absolute Gasteiger partial charge is 0.493 e. The van der Waals surface area contributed by atoms with Crippen molar-refractivity contribution in [3.05, 3.63) is 23.8 Å². The van der Waals surface area contributed by atoms with E-state index in [2.05, 4.69) is 13.8 Å². The Kier molecular flexibility index (Phi) is 5.19. The Morgan fingerprint density at radius 1 is 1.29 bits per heavy atom. The van der Waals surface area contributed by atoms with Crippen LogP contribution in [0.2, 0.25) is 0 Å². The zero-order valence-corrected chi connectivity index (χ0v) is 10.2. The Balaban J connectivity index is 2.58. The van der Waals surface area contributed by atoms with Crippen LogP contribution in [0.25, 0.3) is 0 Å². The van der Waals surface area contributed by atoms with Gasteiger partial charge in [0.1, 0.15) is 5.75 Å². The maximum absolute atomic E-state index is 12.7. The van der Waals surface area contributed by atoms with E-state index in [1.54, 1.807) is 6.07 Å². The van der Waals surface area contributed by atoms with Crippen molar-refractivity contribution in [2.75, 3.05) is 12.3 Å². The van der Waals surface area contributed by atoms with E-state index in [-0.39, 0.29) is 11.3 Å². The molecule has 0 radical (unpaired) electrons. The monoisotopic (exact) mass is 243 g/mol. The van der Waals surface area contributed by atoms with Crippen LogP contribution >= 0.6 is 0 Å². The first-order valence-electron chi connectivity index (χ1n) is 5.81. The first-order chi connectivity index (χ1) is 8.00. The van der Waals surface area contributed by atoms with Gasteiger partial charge in [0, 0.05) is 5.69 Å². The molecule has 0 amide bonds. The zero-order chi connectivity index (χ0) is 12.8. The highest BCUT2D eigenvalue weighted by Gasteiger charge is 2.14. The van der Waals surface area contributed by atoms with Crippen LogP contribution in [0.5, 0.6) is 5.75 Å². The number of hydrogen-bond donors (Lipinski definition) is 1. The lowest BCUT2D eigenvalue weighted by Gasteiger charge is -2.12. The standard InChI is InChI=1S/C13H19F2NO/c1-9(2)4-3-7-17-12-6-5-10(16)8-11(12)13(14)15/h5-6,8-9,13H,3-4,7,16H2,1-2H3. The van der Waals surface area contributed by atoms with Crippen molar-refractivity contribution in [1.29, 1.82) is 0 Å². The van der Waals surface area contributed by atoms with Gasteiger partial charge in [-0.3, -0.25) is 0 Å². The molecule has 0 aromatic heterocycles. The SMILES string of the molecule is CC(C)CCCOc1ccc(N)cc1C(F)F. The third-order valence-corrected chi connectivity index (χ3v) is 2.45. The van der Waals surface area contributed by atoms with Crippen LogP contribution in [0, 0.1) is 5.92 Å². The number of nitrogens with two attached hydrogens (primary N) is 1. The molecule has 0 spiro atoms. The van der Waals surface area contributed by atoms with Crippen molar-refractivity contribution < 1.29 is 13.5 Å². The van der Waals surface area contributed by atoms with Crippen LogP contribution < -0.4 is 10.5 Å². The zero-order valence-electron chi connectivity index (χ0n) is 10.2. The lowest BCUT2D eigenvalue weighted by Crippen LogP contribution is -2.02. The number of benzene rings is 1. The summed E-state index contributed by atoms with van der Waals surface area (Å²) in [6.07, 6.45) is -0.664. The number of anilines is 1. The molecule has 96 valence electrons. The van der Waals surface area contributed by atoms with E-state index in [4.69, 9.17) is 10.5 Å². The molecule has 4 heteroatoms. The summed E-state index contributed by atoms with van der Waals surface area (Å²) in [6, 6.07) is 4.35. The van der Waals surface area contributed by atoms with Crippen LogP contribution in [0.3, 0.4) is 0 Å². The topological polar surface area (TPSA) is 35.2 Å². The normalized spacial score (nSPS) is 11.2. The Morgan fingerprint density at radius 3 is 2.59 bits per heavy atom. The summed E-state index contributed by atoms with van der Waals surface area (Å²) in [7, 11) is 0. The molecule has 0 saturated carbocycles. The summed E-state index contributed by atoms with van der Waals surface area (Å²) in [6.45, 7) is 4.70. The molecule has 1 rings (SSSR count). The van der Waals surface area contributed by atoms with Gasteiger partial charge in [0.25, 0.3) is 6.43 Å². The summed E-state index contributed by atoms with van der Waals surface area (Å²) in [5.41, 5.74) is 5.67. The Morgan fingerprint density at radius 2 is 2.00 bits per heavy atom. The van der Waals surface area contributed by atoms with Gasteiger partial charge in [-0.1, -0.05) is 13.8 Å². The van der Waals surface area contributed by atoms with Gasteiger partial charge in [-0.15, -0.1) is 0 Å². The molecular formula is C13H19F2NO. The minimum atomic E-state index is -2.56. The highest BCUT2D eigenvalue weighted by molar-refractivity contribution is 5.48. The van der Waals surface area contributed by atoms with Gasteiger partial charge in [-0.25, -0.2) is 8.78 Å². The molecule has 0 aliphatic heterocycles. The molecule has 0 unspecified atom stereocenters. The van der Waals surface area contributed by atoms with Crippen molar-refractivity contribution in [2.45, 2.75) is 33.1 Å². The number of halogens is 2. The fourth-order valence-electron chi connectivity index (χ4n) is 1.54. The molecule has 0 saturated heterocycles. The Hall–Kier alpha value is -1.32. The van der Waals surface area contributed by atoms with Gasteiger partial charge >= 0.3 is 0 Å². The van der Waals surface area contributed by atoms with Crippen LogP contribution in [0.1, 0.15) is 38.7 Å². The van der Waals surface area contributed by atoms with Crippen molar-refractivity contribution in [3.8, 4) is 5.75 Å². The molecule has 0 atom stereocenters. The van der Waals surface area contributed by atoms with E-state index >= 15 is 0 Å². The van der Waals surface area contributed by atoms with Crippen molar-refractivity contribution in [1.82, 2.24) is 0 Å². The van der Waals surface area contributed by atoms with E-state index in [9.17, 15) is 8.78 Å². The third-order valence-electron chi connectivity index (χ3n) is 2.45. The average Bonchev–Trinajstić information content (AvgIpc) is 2.25. The predicted molar refractivity (Wildman–Crippen MR) is 65.4 cm³/mol. The van der Waals surface area contributed by atoms with E-state index < -0.39 is 6.43 Å². The second-order valence-corrected chi connectivity index (χ2v) is 4.48. The predicted octanol–water partition coefficient (Wildman–Crippen LogP) is 4.02. The maximum Gasteiger partial charge on any atom is 0.267 e. The fraction of sp³-hybridized carbons (Fsp3) is 0.538. The highest BCUT2D eigenvalue weighted by atomic mass is 19.3. The summed E-state index contributed by atoms with van der Waals surface area (Å²) >= 11 is 0. The van der Waals surface area contributed by atoms with Gasteiger partial charge in [0.05, 0.1) is 12.2 Å². The van der Waals surface area contributed by atoms with Gasteiger partial charge in [-0.2, -0.15) is 0 Å². The minimum Gasteiger partial charge on any atom is -0.493 e. The van der Waals surface area contributed by atoms with Gasteiger partial charge in [-0.05, 0) is 37.0 Å². The molecule has 2 nitrogen and oxygen atoms in total. The highest BCUT2D eigenvalue weighted by Crippen LogP contribution is 2.30. The smallest absolute Gasteiger partial charge is 0.267 e. The van der Waals surface area contributed by atoms with Gasteiger partial charge < -0.3 is 10.5 Å². The van der Waals surface area contributed by atoms with E-state index in [0.29, 0.717) is 18.2 Å². The van der Waals surface area contributed by atoms with Crippen LogP contribution in [0.15, 0.2) is 18.2 Å². The van der Waals surface area contributed by atoms with Crippen molar-refractivity contribution in [2.24, 2.45) is 5.92 Å². The molecule has 1 aromatic carbocycles. The number of ether oxygens (including phenoxy) is 1. The summed E-state index contributed by atoms with van der Waals surface area (Å²) in [5, 5.41) is 0. The van der Waals surface area contributed by atoms with Gasteiger partial charge in [0.15, 0.2) is 0 Å². The molecule has 2 N–H and O–H groups in total. The second kappa shape index (κ2) is 6.42. The number of hydrogen-bond acceptors (Lipinski definition) is 2. The Labute approximate surface area is 101 Å². The third kappa shape index (κ3) is 4.59. The first kappa shape index (κ1) is 13.7. The molecule has 0 heterocycles. The fourth-order valence-corrected chi connectivity index (χ4v) is 1.54. The lowest BCUT2D eigenvalue weighted by molar-refractivity contribution is 0.145. The number of alkyl halides is 2. The second-order valence-electron chi connectivity index (χ2n) is 4.48. The molecule has 0 fully saturated rings. The summed E-state index contributed by atoms with van der Waals surface area (Å²) in [5.74, 6) is 0.831. The molecule has 17 heavy (non-hydrogen) atoms. The summed E-state index contributed by atoms with van der Waals surface area (Å²) in [4.78, 5) is 0. The first-order valence-corrected chi connectivity index (χ1v) is 5.81. The van der Waals surface area contributed by atoms with E-state index in [1.807, 2.05) is 0 Å². The molecule has 0 aliphatic carbocycles. The Bertz CT molecular complexity index is 353. The quantitative estimate of drug-likeness (QED) is 0.605. The molecule has 0 aliphatic rings. The van der Waals surface area contributed by atoms with Gasteiger partial charge in [0.2, 0.25) is 0 Å². The molecule has 1 aromatic rings. The van der Waals surface area contributed by atoms with Crippen molar-refractivity contribution >= 4 is 5.69 Å². The van der Waals surface area contributed by atoms with Crippen molar-refractivity contribution in [3.63, 3.8) is 0 Å². The molecular weight excluding hydrogens is 224 g/mol. The van der Waals surface area contributed by atoms with E-state index in [1.165, 1.54) is 12.1 Å². The van der Waals surface area contributed by atoms with Crippen LogP contribution in [-0.4, -0.2) is 6.61 Å². The number of rotatable bonds is 6. The van der Waals surface area contributed by atoms with E-state index in [0.717, 1.165) is 12.8 Å². The molecule has 0 bridgehead atoms.